The highest BCUT2D eigenvalue weighted by molar-refractivity contribution is 5.31. The summed E-state index contributed by atoms with van der Waals surface area (Å²) in [7, 11) is 0. The summed E-state index contributed by atoms with van der Waals surface area (Å²) in [6.07, 6.45) is 2.74. The van der Waals surface area contributed by atoms with Crippen LogP contribution in [0.4, 0.5) is 4.39 Å². The highest BCUT2D eigenvalue weighted by Crippen LogP contribution is 2.32. The van der Waals surface area contributed by atoms with Gasteiger partial charge in [-0.2, -0.15) is 0 Å². The van der Waals surface area contributed by atoms with Crippen LogP contribution in [-0.2, 0) is 12.8 Å². The van der Waals surface area contributed by atoms with Crippen molar-refractivity contribution in [1.29, 1.82) is 0 Å². The van der Waals surface area contributed by atoms with Gasteiger partial charge in [0.1, 0.15) is 5.82 Å². The summed E-state index contributed by atoms with van der Waals surface area (Å²) in [6, 6.07) is 5.36. The summed E-state index contributed by atoms with van der Waals surface area (Å²) < 4.78 is 13.5. The molecule has 1 aliphatic rings. The third-order valence-corrected chi connectivity index (χ3v) is 3.48. The summed E-state index contributed by atoms with van der Waals surface area (Å²) in [6.45, 7) is 4.11. The van der Waals surface area contributed by atoms with Crippen LogP contribution >= 0.6 is 0 Å². The zero-order chi connectivity index (χ0) is 11.1. The molecule has 2 N–H and O–H groups in total. The molecule has 0 spiro atoms. The van der Waals surface area contributed by atoms with Crippen LogP contribution in [0, 0.1) is 11.7 Å². The van der Waals surface area contributed by atoms with Crippen molar-refractivity contribution in [3.8, 4) is 0 Å². The Morgan fingerprint density at radius 2 is 2.13 bits per heavy atom. The Kier molecular flexibility index (Phi) is 2.55. The van der Waals surface area contributed by atoms with Crippen molar-refractivity contribution in [2.45, 2.75) is 38.6 Å². The van der Waals surface area contributed by atoms with Crippen LogP contribution in [0.25, 0.3) is 0 Å². The molecule has 2 heteroatoms. The van der Waals surface area contributed by atoms with Gasteiger partial charge in [-0.15, -0.1) is 0 Å². The first-order valence-corrected chi connectivity index (χ1v) is 5.53. The maximum absolute atomic E-state index is 13.5. The van der Waals surface area contributed by atoms with E-state index >= 15 is 0 Å². The topological polar surface area (TPSA) is 26.0 Å². The maximum Gasteiger partial charge on any atom is 0.126 e. The smallest absolute Gasteiger partial charge is 0.126 e. The van der Waals surface area contributed by atoms with E-state index in [-0.39, 0.29) is 11.4 Å². The van der Waals surface area contributed by atoms with Crippen molar-refractivity contribution < 1.29 is 4.39 Å². The molecule has 1 atom stereocenters. The Labute approximate surface area is 90.5 Å². The monoisotopic (exact) mass is 207 g/mol. The molecule has 0 aliphatic heterocycles. The van der Waals surface area contributed by atoms with E-state index in [9.17, 15) is 4.39 Å². The van der Waals surface area contributed by atoms with E-state index in [0.29, 0.717) is 5.92 Å². The molecule has 0 amide bonds. The van der Waals surface area contributed by atoms with E-state index < -0.39 is 0 Å². The number of hydrogen-bond acceptors (Lipinski definition) is 1. The molecule has 1 aromatic carbocycles. The molecule has 1 aromatic rings. The molecule has 15 heavy (non-hydrogen) atoms. The Bertz CT molecular complexity index is 365. The lowest BCUT2D eigenvalue weighted by Crippen LogP contribution is -2.43. The van der Waals surface area contributed by atoms with Gasteiger partial charge in [0.25, 0.3) is 0 Å². The minimum atomic E-state index is -0.163. The molecule has 1 aliphatic carbocycles. The summed E-state index contributed by atoms with van der Waals surface area (Å²) >= 11 is 0. The molecule has 0 saturated carbocycles. The van der Waals surface area contributed by atoms with Gasteiger partial charge < -0.3 is 5.73 Å². The second kappa shape index (κ2) is 3.60. The highest BCUT2D eigenvalue weighted by Gasteiger charge is 2.29. The van der Waals surface area contributed by atoms with E-state index in [0.717, 1.165) is 30.4 Å². The normalized spacial score (nSPS) is 21.2. The standard InChI is InChI=1S/C13H18FN/c1-13(2,15)10-6-7-11-9(8-10)4-3-5-12(11)14/h3-5,10H,6-8,15H2,1-2H3. The summed E-state index contributed by atoms with van der Waals surface area (Å²) in [4.78, 5) is 0. The third-order valence-electron chi connectivity index (χ3n) is 3.48. The van der Waals surface area contributed by atoms with Crippen LogP contribution in [0.1, 0.15) is 31.4 Å². The maximum atomic E-state index is 13.5. The van der Waals surface area contributed by atoms with Crippen molar-refractivity contribution in [2.75, 3.05) is 0 Å². The van der Waals surface area contributed by atoms with Crippen LogP contribution in [-0.4, -0.2) is 5.54 Å². The Morgan fingerprint density at radius 3 is 2.80 bits per heavy atom. The molecule has 0 heterocycles. The van der Waals surface area contributed by atoms with Crippen LogP contribution in [0.3, 0.4) is 0 Å². The average Bonchev–Trinajstić information content (AvgIpc) is 2.16. The molecule has 1 unspecified atom stereocenters. The quantitative estimate of drug-likeness (QED) is 0.752. The van der Waals surface area contributed by atoms with Gasteiger partial charge in [0.15, 0.2) is 0 Å². The molecule has 0 bridgehead atoms. The van der Waals surface area contributed by atoms with Gasteiger partial charge in [0.2, 0.25) is 0 Å². The first kappa shape index (κ1) is 10.6. The number of fused-ring (bicyclic) bond motifs is 1. The Morgan fingerprint density at radius 1 is 1.40 bits per heavy atom. The van der Waals surface area contributed by atoms with Gasteiger partial charge in [-0.25, -0.2) is 4.39 Å². The minimum absolute atomic E-state index is 0.0548. The zero-order valence-electron chi connectivity index (χ0n) is 9.39. The molecular formula is C13H18FN. The lowest BCUT2D eigenvalue weighted by Gasteiger charge is -2.34. The number of benzene rings is 1. The van der Waals surface area contributed by atoms with Crippen LogP contribution < -0.4 is 5.73 Å². The van der Waals surface area contributed by atoms with E-state index in [2.05, 4.69) is 13.8 Å². The summed E-state index contributed by atoms with van der Waals surface area (Å²) in [5.74, 6) is 0.410. The molecule has 82 valence electrons. The number of hydrogen-bond donors (Lipinski definition) is 1. The molecule has 0 fully saturated rings. The van der Waals surface area contributed by atoms with Crippen molar-refractivity contribution >= 4 is 0 Å². The molecule has 0 radical (unpaired) electrons. The Hall–Kier alpha value is -0.890. The molecule has 0 saturated heterocycles. The van der Waals surface area contributed by atoms with Crippen molar-refractivity contribution in [2.24, 2.45) is 11.7 Å². The minimum Gasteiger partial charge on any atom is -0.325 e. The lowest BCUT2D eigenvalue weighted by atomic mass is 9.75. The predicted molar refractivity (Wildman–Crippen MR) is 60.2 cm³/mol. The average molecular weight is 207 g/mol. The van der Waals surface area contributed by atoms with Gasteiger partial charge in [-0.05, 0) is 56.2 Å². The van der Waals surface area contributed by atoms with Gasteiger partial charge >= 0.3 is 0 Å². The van der Waals surface area contributed by atoms with Crippen molar-refractivity contribution in [1.82, 2.24) is 0 Å². The van der Waals surface area contributed by atoms with Gasteiger partial charge in [0, 0.05) is 5.54 Å². The second-order valence-corrected chi connectivity index (χ2v) is 5.14. The highest BCUT2D eigenvalue weighted by atomic mass is 19.1. The number of halogens is 1. The Balaban J connectivity index is 2.28. The SMILES string of the molecule is CC(C)(N)C1CCc2c(F)cccc2C1. The molecule has 1 nitrogen and oxygen atoms in total. The zero-order valence-corrected chi connectivity index (χ0v) is 9.39. The molecule has 2 rings (SSSR count). The second-order valence-electron chi connectivity index (χ2n) is 5.14. The van der Waals surface area contributed by atoms with Gasteiger partial charge in [-0.1, -0.05) is 12.1 Å². The van der Waals surface area contributed by atoms with E-state index in [1.807, 2.05) is 6.07 Å². The fourth-order valence-electron chi connectivity index (χ4n) is 2.40. The van der Waals surface area contributed by atoms with Crippen molar-refractivity contribution in [3.63, 3.8) is 0 Å². The fraction of sp³-hybridized carbons (Fsp3) is 0.538. The lowest BCUT2D eigenvalue weighted by molar-refractivity contribution is 0.286. The summed E-state index contributed by atoms with van der Waals surface area (Å²) in [5, 5.41) is 0. The molecular weight excluding hydrogens is 189 g/mol. The summed E-state index contributed by atoms with van der Waals surface area (Å²) in [5.41, 5.74) is 7.99. The number of rotatable bonds is 1. The third kappa shape index (κ3) is 2.05. The van der Waals surface area contributed by atoms with E-state index in [1.54, 1.807) is 12.1 Å². The van der Waals surface area contributed by atoms with E-state index in [1.165, 1.54) is 0 Å². The fourth-order valence-corrected chi connectivity index (χ4v) is 2.40. The van der Waals surface area contributed by atoms with Crippen molar-refractivity contribution in [3.05, 3.63) is 35.1 Å². The van der Waals surface area contributed by atoms with Crippen LogP contribution in [0.2, 0.25) is 0 Å². The molecule has 0 aromatic heterocycles. The van der Waals surface area contributed by atoms with E-state index in [4.69, 9.17) is 5.73 Å². The first-order chi connectivity index (χ1) is 6.98. The van der Waals surface area contributed by atoms with Gasteiger partial charge in [-0.3, -0.25) is 0 Å². The largest absolute Gasteiger partial charge is 0.325 e. The predicted octanol–water partition coefficient (Wildman–Crippen LogP) is 2.67. The first-order valence-electron chi connectivity index (χ1n) is 5.53. The van der Waals surface area contributed by atoms with Gasteiger partial charge in [0.05, 0.1) is 0 Å². The number of nitrogens with two attached hydrogens (primary N) is 1. The van der Waals surface area contributed by atoms with Crippen LogP contribution in [0.5, 0.6) is 0 Å². The van der Waals surface area contributed by atoms with Crippen LogP contribution in [0.15, 0.2) is 18.2 Å².